The molecule has 0 aromatic rings. The summed E-state index contributed by atoms with van der Waals surface area (Å²) in [6.07, 6.45) is 33.3. The van der Waals surface area contributed by atoms with Gasteiger partial charge in [0.15, 0.2) is 0 Å². The summed E-state index contributed by atoms with van der Waals surface area (Å²) in [5.74, 6) is 1.01. The van der Waals surface area contributed by atoms with Gasteiger partial charge in [-0.15, -0.1) is 0 Å². The second-order valence-corrected chi connectivity index (χ2v) is 8.37. The highest BCUT2D eigenvalue weighted by Crippen LogP contribution is 2.44. The number of Topliss-reactive ketones (excluding diaryl/α,β-unsaturated/α-hetero) is 1. The number of ketones is 1. The highest BCUT2D eigenvalue weighted by Gasteiger charge is 2.36. The van der Waals surface area contributed by atoms with E-state index in [1.165, 1.54) is 27.9 Å². The molecule has 0 spiro atoms. The molecule has 28 heavy (non-hydrogen) atoms. The zero-order valence-electron chi connectivity index (χ0n) is 16.2. The predicted octanol–water partition coefficient (Wildman–Crippen LogP) is 6.28. The molecule has 3 atom stereocenters. The summed E-state index contributed by atoms with van der Waals surface area (Å²) >= 11 is 0. The van der Waals surface area contributed by atoms with Crippen molar-refractivity contribution in [3.8, 4) is 0 Å². The number of carbonyl (C=O) groups is 1. The van der Waals surface area contributed by atoms with Gasteiger partial charge in [0.2, 0.25) is 0 Å². The average molecular weight is 367 g/mol. The number of hydrogen-bond acceptors (Lipinski definition) is 1. The minimum atomic E-state index is 0.0286. The summed E-state index contributed by atoms with van der Waals surface area (Å²) in [6.45, 7) is 0. The molecular formula is C27H26O. The highest BCUT2D eigenvalue weighted by molar-refractivity contribution is 5.85. The first kappa shape index (κ1) is 17.4. The first-order valence-electron chi connectivity index (χ1n) is 10.5. The first-order valence-corrected chi connectivity index (χ1v) is 10.5. The molecule has 140 valence electrons. The Kier molecular flexibility index (Phi) is 4.60. The summed E-state index contributed by atoms with van der Waals surface area (Å²) in [7, 11) is 0. The van der Waals surface area contributed by atoms with Crippen LogP contribution in [0.15, 0.2) is 107 Å². The Hall–Kier alpha value is -2.67. The molecule has 1 heteroatoms. The fourth-order valence-corrected chi connectivity index (χ4v) is 5.05. The maximum absolute atomic E-state index is 13.3. The topological polar surface area (TPSA) is 17.1 Å². The van der Waals surface area contributed by atoms with Gasteiger partial charge in [-0.1, -0.05) is 84.6 Å². The summed E-state index contributed by atoms with van der Waals surface area (Å²) in [6, 6.07) is 0. The second-order valence-electron chi connectivity index (χ2n) is 8.37. The van der Waals surface area contributed by atoms with Gasteiger partial charge < -0.3 is 0 Å². The Bertz CT molecular complexity index is 968. The lowest BCUT2D eigenvalue weighted by molar-refractivity contribution is -0.122. The Labute approximate surface area is 167 Å². The number of allylic oxidation sites excluding steroid dienone is 18. The van der Waals surface area contributed by atoms with E-state index in [4.69, 9.17) is 0 Å². The van der Waals surface area contributed by atoms with Crippen LogP contribution in [0.3, 0.4) is 0 Å². The van der Waals surface area contributed by atoms with Crippen molar-refractivity contribution in [3.05, 3.63) is 107 Å². The Morgan fingerprint density at radius 3 is 2.32 bits per heavy atom. The maximum Gasteiger partial charge on any atom is 0.141 e. The second kappa shape index (κ2) is 7.39. The van der Waals surface area contributed by atoms with Gasteiger partial charge in [-0.05, 0) is 53.9 Å². The van der Waals surface area contributed by atoms with Gasteiger partial charge in [-0.2, -0.15) is 0 Å². The normalized spacial score (nSPS) is 30.0. The molecule has 0 heterocycles. The molecular weight excluding hydrogens is 340 g/mol. The smallest absolute Gasteiger partial charge is 0.141 e. The van der Waals surface area contributed by atoms with Crippen LogP contribution in [0.5, 0.6) is 0 Å². The van der Waals surface area contributed by atoms with Gasteiger partial charge >= 0.3 is 0 Å². The fraction of sp³-hybridized carbons (Fsp3) is 0.296. The maximum atomic E-state index is 13.3. The van der Waals surface area contributed by atoms with Gasteiger partial charge in [-0.25, -0.2) is 0 Å². The molecule has 0 saturated heterocycles. The van der Waals surface area contributed by atoms with Crippen LogP contribution in [0.25, 0.3) is 0 Å². The largest absolute Gasteiger partial charge is 0.299 e. The molecule has 0 fully saturated rings. The van der Waals surface area contributed by atoms with Crippen molar-refractivity contribution < 1.29 is 4.79 Å². The highest BCUT2D eigenvalue weighted by atomic mass is 16.1. The van der Waals surface area contributed by atoms with E-state index in [0.29, 0.717) is 18.1 Å². The quantitative estimate of drug-likeness (QED) is 0.541. The van der Waals surface area contributed by atoms with E-state index in [2.05, 4.69) is 79.0 Å². The van der Waals surface area contributed by atoms with E-state index >= 15 is 0 Å². The van der Waals surface area contributed by atoms with E-state index in [-0.39, 0.29) is 11.8 Å². The van der Waals surface area contributed by atoms with Crippen LogP contribution in [-0.2, 0) is 4.79 Å². The molecule has 0 aromatic carbocycles. The Morgan fingerprint density at radius 1 is 0.857 bits per heavy atom. The molecule has 5 aliphatic carbocycles. The van der Waals surface area contributed by atoms with Crippen LogP contribution in [0, 0.1) is 17.8 Å². The van der Waals surface area contributed by atoms with Crippen LogP contribution < -0.4 is 0 Å². The summed E-state index contributed by atoms with van der Waals surface area (Å²) in [5, 5.41) is 0. The minimum absolute atomic E-state index is 0.0286. The van der Waals surface area contributed by atoms with Crippen LogP contribution in [0.1, 0.15) is 32.1 Å². The molecule has 0 saturated carbocycles. The summed E-state index contributed by atoms with van der Waals surface area (Å²) in [4.78, 5) is 13.3. The van der Waals surface area contributed by atoms with E-state index in [9.17, 15) is 4.79 Å². The molecule has 0 N–H and O–H groups in total. The van der Waals surface area contributed by atoms with Crippen LogP contribution in [0.4, 0.5) is 0 Å². The SMILES string of the molecule is O=C(CC1C=CC(C2=CC=CC2)=C1)[C@H]1C=C(C2=CC=CC2)CC1C1=CC=CC1. The van der Waals surface area contributed by atoms with E-state index in [1.54, 1.807) is 0 Å². The van der Waals surface area contributed by atoms with Gasteiger partial charge in [0.1, 0.15) is 5.78 Å². The zero-order valence-corrected chi connectivity index (χ0v) is 16.2. The van der Waals surface area contributed by atoms with Crippen molar-refractivity contribution in [2.24, 2.45) is 17.8 Å². The lowest BCUT2D eigenvalue weighted by atomic mass is 9.82. The minimum Gasteiger partial charge on any atom is -0.299 e. The van der Waals surface area contributed by atoms with Crippen molar-refractivity contribution in [2.75, 3.05) is 0 Å². The van der Waals surface area contributed by atoms with E-state index < -0.39 is 0 Å². The third kappa shape index (κ3) is 3.30. The van der Waals surface area contributed by atoms with Crippen LogP contribution in [-0.4, -0.2) is 5.78 Å². The van der Waals surface area contributed by atoms with Crippen molar-refractivity contribution in [2.45, 2.75) is 32.1 Å². The fourth-order valence-electron chi connectivity index (χ4n) is 5.05. The molecule has 0 bridgehead atoms. The molecule has 5 aliphatic rings. The standard InChI is InChI=1S/C27H26O/c28-27(16-19-13-14-23(15-19)20-7-1-2-8-20)26-18-24(21-9-3-4-10-21)17-25(26)22-11-5-6-12-22/h1-7,9,11,13-15,18-19,25-26H,8,10,12,16-17H2/t19?,25?,26-/m0/s1. The van der Waals surface area contributed by atoms with Crippen molar-refractivity contribution in [1.29, 1.82) is 0 Å². The molecule has 1 nitrogen and oxygen atoms in total. The van der Waals surface area contributed by atoms with Gasteiger partial charge in [0.25, 0.3) is 0 Å². The summed E-state index contributed by atoms with van der Waals surface area (Å²) < 4.78 is 0. The van der Waals surface area contributed by atoms with Crippen LogP contribution in [0.2, 0.25) is 0 Å². The molecule has 0 amide bonds. The first-order chi connectivity index (χ1) is 13.8. The van der Waals surface area contributed by atoms with Crippen molar-refractivity contribution in [3.63, 3.8) is 0 Å². The molecule has 0 aromatic heterocycles. The third-order valence-corrected chi connectivity index (χ3v) is 6.58. The van der Waals surface area contributed by atoms with Crippen molar-refractivity contribution >= 4 is 5.78 Å². The average Bonchev–Trinajstić information content (AvgIpc) is 3.53. The number of carbonyl (C=O) groups excluding carboxylic acids is 1. The Morgan fingerprint density at radius 2 is 1.61 bits per heavy atom. The molecule has 2 unspecified atom stereocenters. The number of rotatable bonds is 6. The molecule has 0 radical (unpaired) electrons. The molecule has 0 aliphatic heterocycles. The molecule has 5 rings (SSSR count). The van der Waals surface area contributed by atoms with Gasteiger partial charge in [0, 0.05) is 18.3 Å². The van der Waals surface area contributed by atoms with Crippen LogP contribution >= 0.6 is 0 Å². The predicted molar refractivity (Wildman–Crippen MR) is 116 cm³/mol. The lowest BCUT2D eigenvalue weighted by Gasteiger charge is -2.21. The zero-order chi connectivity index (χ0) is 18.9. The summed E-state index contributed by atoms with van der Waals surface area (Å²) in [5.41, 5.74) is 6.88. The van der Waals surface area contributed by atoms with Crippen molar-refractivity contribution in [1.82, 2.24) is 0 Å². The third-order valence-electron chi connectivity index (χ3n) is 6.58. The van der Waals surface area contributed by atoms with Gasteiger partial charge in [0.05, 0.1) is 0 Å². The van der Waals surface area contributed by atoms with Gasteiger partial charge in [-0.3, -0.25) is 4.79 Å². The van der Waals surface area contributed by atoms with E-state index in [1.807, 2.05) is 0 Å². The Balaban J connectivity index is 1.32. The van der Waals surface area contributed by atoms with E-state index in [0.717, 1.165) is 25.7 Å². The number of hydrogen-bond donors (Lipinski definition) is 0. The lowest BCUT2D eigenvalue weighted by Crippen LogP contribution is -2.21. The monoisotopic (exact) mass is 366 g/mol.